The first-order valence-electron chi connectivity index (χ1n) is 5.78. The quantitative estimate of drug-likeness (QED) is 0.652. The highest BCUT2D eigenvalue weighted by Gasteiger charge is 2.50. The molecule has 0 aromatic carbocycles. The van der Waals surface area contributed by atoms with Gasteiger partial charge in [-0.3, -0.25) is 0 Å². The summed E-state index contributed by atoms with van der Waals surface area (Å²) in [5.74, 6) is 0. The molecule has 0 aromatic rings. The number of likely N-dealkylation sites (tertiary alicyclic amines) is 1. The number of aliphatic hydroxyl groups is 2. The van der Waals surface area contributed by atoms with Gasteiger partial charge in [0.15, 0.2) is 0 Å². The summed E-state index contributed by atoms with van der Waals surface area (Å²) in [6, 6.07) is 0. The third-order valence-corrected chi connectivity index (χ3v) is 3.84. The van der Waals surface area contributed by atoms with Crippen LogP contribution in [0.4, 0.5) is 0 Å². The maximum atomic E-state index is 9.94. The van der Waals surface area contributed by atoms with Crippen LogP contribution in [-0.4, -0.2) is 47.5 Å². The summed E-state index contributed by atoms with van der Waals surface area (Å²) in [6.45, 7) is 3.32. The number of unbranched alkanes of at least 4 members (excludes halogenated alkanes) is 1. The third-order valence-electron chi connectivity index (χ3n) is 3.84. The molecule has 1 aliphatic carbocycles. The van der Waals surface area contributed by atoms with E-state index in [0.29, 0.717) is 12.0 Å². The molecule has 0 bridgehead atoms. The molecule has 3 heteroatoms. The van der Waals surface area contributed by atoms with Crippen LogP contribution in [0.3, 0.4) is 0 Å². The molecule has 1 spiro atoms. The van der Waals surface area contributed by atoms with Crippen molar-refractivity contribution in [3.05, 3.63) is 0 Å². The topological polar surface area (TPSA) is 43.7 Å². The molecular formula is C11H21NO2. The summed E-state index contributed by atoms with van der Waals surface area (Å²) in [6.07, 6.45) is 5.49. The Bertz CT molecular complexity index is 192. The highest BCUT2D eigenvalue weighted by molar-refractivity contribution is 5.02. The van der Waals surface area contributed by atoms with Gasteiger partial charge in [-0.05, 0) is 50.6 Å². The lowest BCUT2D eigenvalue weighted by Gasteiger charge is -2.36. The first-order chi connectivity index (χ1) is 6.77. The summed E-state index contributed by atoms with van der Waals surface area (Å²) >= 11 is 0. The summed E-state index contributed by atoms with van der Waals surface area (Å²) < 4.78 is 0. The minimum absolute atomic E-state index is 0.0922. The van der Waals surface area contributed by atoms with Gasteiger partial charge in [0.05, 0.1) is 6.10 Å². The van der Waals surface area contributed by atoms with Gasteiger partial charge >= 0.3 is 0 Å². The van der Waals surface area contributed by atoms with Gasteiger partial charge in [0.1, 0.15) is 0 Å². The van der Waals surface area contributed by atoms with Crippen LogP contribution in [0.5, 0.6) is 0 Å². The summed E-state index contributed by atoms with van der Waals surface area (Å²) in [7, 11) is 0. The molecule has 3 nitrogen and oxygen atoms in total. The molecule has 1 saturated carbocycles. The van der Waals surface area contributed by atoms with Crippen molar-refractivity contribution in [3.63, 3.8) is 0 Å². The molecule has 0 amide bonds. The van der Waals surface area contributed by atoms with E-state index in [2.05, 4.69) is 4.90 Å². The lowest BCUT2D eigenvalue weighted by atomic mass is 9.90. The van der Waals surface area contributed by atoms with Gasteiger partial charge in [-0.2, -0.15) is 0 Å². The molecule has 82 valence electrons. The van der Waals surface area contributed by atoms with Gasteiger partial charge in [0, 0.05) is 13.2 Å². The van der Waals surface area contributed by atoms with Crippen molar-refractivity contribution in [2.24, 2.45) is 5.41 Å². The number of β-amino-alcohol motifs (C(OH)–C–C–N with tert-alkyl or cyclic N) is 1. The largest absolute Gasteiger partial charge is 0.396 e. The summed E-state index contributed by atoms with van der Waals surface area (Å²) in [5.41, 5.74) is 0.327. The lowest BCUT2D eigenvalue weighted by molar-refractivity contribution is 0.00778. The maximum absolute atomic E-state index is 9.94. The monoisotopic (exact) mass is 199 g/mol. The minimum Gasteiger partial charge on any atom is -0.396 e. The predicted molar refractivity (Wildman–Crippen MR) is 55.1 cm³/mol. The fourth-order valence-electron chi connectivity index (χ4n) is 2.47. The van der Waals surface area contributed by atoms with E-state index in [4.69, 9.17) is 5.11 Å². The number of aliphatic hydroxyl groups excluding tert-OH is 2. The van der Waals surface area contributed by atoms with E-state index in [1.54, 1.807) is 0 Å². The van der Waals surface area contributed by atoms with Crippen LogP contribution in [0.15, 0.2) is 0 Å². The maximum Gasteiger partial charge on any atom is 0.0723 e. The Morgan fingerprint density at radius 2 is 2.00 bits per heavy atom. The van der Waals surface area contributed by atoms with Crippen molar-refractivity contribution in [2.45, 2.75) is 38.2 Å². The van der Waals surface area contributed by atoms with Crippen molar-refractivity contribution in [1.29, 1.82) is 0 Å². The normalized spacial score (nSPS) is 30.9. The molecule has 1 heterocycles. The fraction of sp³-hybridized carbons (Fsp3) is 1.00. The highest BCUT2D eigenvalue weighted by atomic mass is 16.3. The first kappa shape index (κ1) is 10.4. The van der Waals surface area contributed by atoms with Crippen LogP contribution >= 0.6 is 0 Å². The minimum atomic E-state index is -0.0922. The Hall–Kier alpha value is -0.120. The van der Waals surface area contributed by atoms with Crippen molar-refractivity contribution in [2.75, 3.05) is 26.2 Å². The second kappa shape index (κ2) is 4.17. The molecule has 1 unspecified atom stereocenters. The Labute approximate surface area is 85.7 Å². The summed E-state index contributed by atoms with van der Waals surface area (Å²) in [5, 5.41) is 18.6. The molecule has 1 saturated heterocycles. The molecule has 0 aromatic heterocycles. The van der Waals surface area contributed by atoms with E-state index in [1.165, 1.54) is 19.3 Å². The molecule has 2 aliphatic rings. The number of nitrogens with zero attached hydrogens (tertiary/aromatic N) is 1. The summed E-state index contributed by atoms with van der Waals surface area (Å²) in [4.78, 5) is 2.34. The molecule has 2 rings (SSSR count). The molecule has 2 fully saturated rings. The van der Waals surface area contributed by atoms with E-state index < -0.39 is 0 Å². The molecule has 14 heavy (non-hydrogen) atoms. The Balaban J connectivity index is 1.70. The lowest BCUT2D eigenvalue weighted by Crippen LogP contribution is -2.45. The zero-order chi connectivity index (χ0) is 10.0. The Morgan fingerprint density at radius 3 is 2.57 bits per heavy atom. The zero-order valence-corrected chi connectivity index (χ0v) is 8.78. The zero-order valence-electron chi connectivity index (χ0n) is 8.78. The Kier molecular flexibility index (Phi) is 3.10. The Morgan fingerprint density at radius 1 is 1.21 bits per heavy atom. The number of rotatable bonds is 4. The molecular weight excluding hydrogens is 178 g/mol. The van der Waals surface area contributed by atoms with E-state index in [-0.39, 0.29) is 6.10 Å². The van der Waals surface area contributed by atoms with Crippen LogP contribution in [0.2, 0.25) is 0 Å². The van der Waals surface area contributed by atoms with E-state index in [0.717, 1.165) is 32.5 Å². The number of hydrogen-bond acceptors (Lipinski definition) is 3. The first-order valence-corrected chi connectivity index (χ1v) is 5.78. The fourth-order valence-corrected chi connectivity index (χ4v) is 2.47. The van der Waals surface area contributed by atoms with Gasteiger partial charge in [-0.15, -0.1) is 0 Å². The SMILES string of the molecule is OCCCCN1CCC2(CC2)C(O)C1. The molecule has 0 radical (unpaired) electrons. The second-order valence-electron chi connectivity index (χ2n) is 4.86. The average Bonchev–Trinajstić information content (AvgIpc) is 2.94. The van der Waals surface area contributed by atoms with Crippen LogP contribution in [-0.2, 0) is 0 Å². The third kappa shape index (κ3) is 2.10. The van der Waals surface area contributed by atoms with Gasteiger partial charge in [-0.1, -0.05) is 0 Å². The molecule has 1 aliphatic heterocycles. The standard InChI is InChI=1S/C11H21NO2/c13-8-2-1-6-12-7-5-11(3-4-11)10(14)9-12/h10,13-14H,1-9H2. The van der Waals surface area contributed by atoms with Crippen molar-refractivity contribution < 1.29 is 10.2 Å². The van der Waals surface area contributed by atoms with E-state index >= 15 is 0 Å². The van der Waals surface area contributed by atoms with Crippen LogP contribution in [0.1, 0.15) is 32.1 Å². The number of hydrogen-bond donors (Lipinski definition) is 2. The van der Waals surface area contributed by atoms with Crippen molar-refractivity contribution in [3.8, 4) is 0 Å². The van der Waals surface area contributed by atoms with Crippen molar-refractivity contribution >= 4 is 0 Å². The highest BCUT2D eigenvalue weighted by Crippen LogP contribution is 2.53. The van der Waals surface area contributed by atoms with Gasteiger partial charge < -0.3 is 15.1 Å². The smallest absolute Gasteiger partial charge is 0.0723 e. The molecule has 2 N–H and O–H groups in total. The van der Waals surface area contributed by atoms with Gasteiger partial charge in [0.2, 0.25) is 0 Å². The van der Waals surface area contributed by atoms with Crippen molar-refractivity contribution in [1.82, 2.24) is 4.90 Å². The van der Waals surface area contributed by atoms with Crippen LogP contribution in [0, 0.1) is 5.41 Å². The average molecular weight is 199 g/mol. The second-order valence-corrected chi connectivity index (χ2v) is 4.86. The number of piperidine rings is 1. The van der Waals surface area contributed by atoms with Crippen LogP contribution in [0.25, 0.3) is 0 Å². The van der Waals surface area contributed by atoms with E-state index in [9.17, 15) is 5.11 Å². The van der Waals surface area contributed by atoms with Gasteiger partial charge in [0.25, 0.3) is 0 Å². The van der Waals surface area contributed by atoms with Gasteiger partial charge in [-0.25, -0.2) is 0 Å². The predicted octanol–water partition coefficient (Wildman–Crippen LogP) is 0.606. The van der Waals surface area contributed by atoms with Crippen LogP contribution < -0.4 is 0 Å². The molecule has 1 atom stereocenters. The van der Waals surface area contributed by atoms with E-state index in [1.807, 2.05) is 0 Å².